The maximum absolute atomic E-state index is 4.42. The van der Waals surface area contributed by atoms with E-state index < -0.39 is 0 Å². The molecule has 0 saturated carbocycles. The van der Waals surface area contributed by atoms with Gasteiger partial charge in [0.25, 0.3) is 0 Å². The molecule has 5 heteroatoms. The highest BCUT2D eigenvalue weighted by molar-refractivity contribution is 5.54. The Balaban J connectivity index is 1.80. The summed E-state index contributed by atoms with van der Waals surface area (Å²) in [4.78, 5) is 6.91. The van der Waals surface area contributed by atoms with Gasteiger partial charge in [0.05, 0.1) is 0 Å². The van der Waals surface area contributed by atoms with E-state index in [1.807, 2.05) is 4.52 Å². The lowest BCUT2D eigenvalue weighted by Gasteiger charge is -2.29. The van der Waals surface area contributed by atoms with Crippen molar-refractivity contribution < 1.29 is 0 Å². The normalized spacial score (nSPS) is 29.3. The number of rotatable bonds is 2. The fraction of sp³-hybridized carbons (Fsp3) is 0.600. The Hall–Kier alpha value is -1.62. The average Bonchev–Trinajstić information content (AvgIpc) is 3.11. The fourth-order valence-corrected chi connectivity index (χ4v) is 4.05. The molecule has 106 valence electrons. The molecule has 0 radical (unpaired) electrons. The van der Waals surface area contributed by atoms with Crippen molar-refractivity contribution >= 4 is 11.5 Å². The number of hydrogen-bond acceptors (Lipinski definition) is 4. The molecule has 3 unspecified atom stereocenters. The molecule has 0 aromatic carbocycles. The second kappa shape index (κ2) is 4.45. The van der Waals surface area contributed by atoms with Crippen molar-refractivity contribution in [1.82, 2.24) is 19.9 Å². The third kappa shape index (κ3) is 1.66. The molecule has 2 aromatic rings. The van der Waals surface area contributed by atoms with E-state index in [-0.39, 0.29) is 0 Å². The van der Waals surface area contributed by atoms with Gasteiger partial charge in [-0.15, -0.1) is 0 Å². The number of aromatic nitrogens is 3. The van der Waals surface area contributed by atoms with Crippen LogP contribution in [0.25, 0.3) is 5.65 Å². The first-order valence-corrected chi connectivity index (χ1v) is 7.55. The van der Waals surface area contributed by atoms with Crippen LogP contribution in [0.15, 0.2) is 18.5 Å². The van der Waals surface area contributed by atoms with Crippen LogP contribution in [0.5, 0.6) is 0 Å². The van der Waals surface area contributed by atoms with Crippen LogP contribution in [0.1, 0.15) is 18.9 Å². The van der Waals surface area contributed by atoms with Crippen LogP contribution < -0.4 is 10.2 Å². The highest BCUT2D eigenvalue weighted by atomic mass is 15.4. The highest BCUT2D eigenvalue weighted by Gasteiger charge is 2.43. The van der Waals surface area contributed by atoms with E-state index >= 15 is 0 Å². The maximum atomic E-state index is 4.42. The second-order valence-corrected chi connectivity index (χ2v) is 6.13. The Morgan fingerprint density at radius 1 is 1.35 bits per heavy atom. The Morgan fingerprint density at radius 2 is 2.25 bits per heavy atom. The molecule has 0 spiro atoms. The molecule has 0 amide bonds. The predicted molar refractivity (Wildman–Crippen MR) is 79.0 cm³/mol. The SMILES string of the molecule is CCC1C2CNCC2CN1c1cc(C)cc2ncnn12. The van der Waals surface area contributed by atoms with E-state index in [0.29, 0.717) is 6.04 Å². The van der Waals surface area contributed by atoms with Crippen molar-refractivity contribution in [3.63, 3.8) is 0 Å². The monoisotopic (exact) mass is 271 g/mol. The Bertz CT molecular complexity index is 634. The largest absolute Gasteiger partial charge is 0.353 e. The molecule has 2 aromatic heterocycles. The van der Waals surface area contributed by atoms with E-state index in [4.69, 9.17) is 0 Å². The molecule has 2 aliphatic rings. The summed E-state index contributed by atoms with van der Waals surface area (Å²) < 4.78 is 1.99. The lowest BCUT2D eigenvalue weighted by atomic mass is 9.93. The summed E-state index contributed by atoms with van der Waals surface area (Å²) in [5, 5.41) is 7.96. The van der Waals surface area contributed by atoms with Crippen LogP contribution >= 0.6 is 0 Å². The van der Waals surface area contributed by atoms with Crippen molar-refractivity contribution in [2.24, 2.45) is 11.8 Å². The lowest BCUT2D eigenvalue weighted by Crippen LogP contribution is -2.36. The van der Waals surface area contributed by atoms with Gasteiger partial charge in [-0.05, 0) is 42.9 Å². The topological polar surface area (TPSA) is 45.5 Å². The average molecular weight is 271 g/mol. The van der Waals surface area contributed by atoms with E-state index in [2.05, 4.69) is 46.3 Å². The van der Waals surface area contributed by atoms with Gasteiger partial charge in [-0.1, -0.05) is 6.92 Å². The van der Waals surface area contributed by atoms with Crippen molar-refractivity contribution in [1.29, 1.82) is 0 Å². The van der Waals surface area contributed by atoms with Crippen LogP contribution in [0.2, 0.25) is 0 Å². The number of nitrogens with one attached hydrogen (secondary N) is 1. The van der Waals surface area contributed by atoms with Crippen molar-refractivity contribution in [3.05, 3.63) is 24.0 Å². The smallest absolute Gasteiger partial charge is 0.157 e. The van der Waals surface area contributed by atoms with Gasteiger partial charge in [0, 0.05) is 25.7 Å². The molecule has 4 rings (SSSR count). The summed E-state index contributed by atoms with van der Waals surface area (Å²) in [5.41, 5.74) is 2.20. The Morgan fingerprint density at radius 3 is 3.10 bits per heavy atom. The fourth-order valence-electron chi connectivity index (χ4n) is 4.05. The summed E-state index contributed by atoms with van der Waals surface area (Å²) in [6.07, 6.45) is 2.84. The van der Waals surface area contributed by atoms with E-state index in [1.54, 1.807) is 6.33 Å². The minimum absolute atomic E-state index is 0.615. The third-order valence-corrected chi connectivity index (χ3v) is 4.94. The number of pyridine rings is 1. The van der Waals surface area contributed by atoms with Crippen LogP contribution in [-0.4, -0.2) is 40.3 Å². The lowest BCUT2D eigenvalue weighted by molar-refractivity contribution is 0.441. The van der Waals surface area contributed by atoms with E-state index in [9.17, 15) is 0 Å². The molecule has 2 aliphatic heterocycles. The van der Waals surface area contributed by atoms with Crippen LogP contribution in [0.3, 0.4) is 0 Å². The van der Waals surface area contributed by atoms with Crippen molar-refractivity contribution in [3.8, 4) is 0 Å². The minimum atomic E-state index is 0.615. The number of nitrogens with zero attached hydrogens (tertiary/aromatic N) is 4. The van der Waals surface area contributed by atoms with Gasteiger partial charge in [-0.2, -0.15) is 9.61 Å². The van der Waals surface area contributed by atoms with Gasteiger partial charge in [0.15, 0.2) is 5.65 Å². The van der Waals surface area contributed by atoms with Gasteiger partial charge in [0.2, 0.25) is 0 Å². The summed E-state index contributed by atoms with van der Waals surface area (Å²) in [6, 6.07) is 4.96. The van der Waals surface area contributed by atoms with Crippen LogP contribution in [0.4, 0.5) is 5.82 Å². The summed E-state index contributed by atoms with van der Waals surface area (Å²) in [6.45, 7) is 7.88. The Labute approximate surface area is 119 Å². The molecule has 0 bridgehead atoms. The number of anilines is 1. The first kappa shape index (κ1) is 12.1. The second-order valence-electron chi connectivity index (χ2n) is 6.13. The summed E-state index contributed by atoms with van der Waals surface area (Å²) in [5.74, 6) is 2.76. The molecule has 5 nitrogen and oxygen atoms in total. The van der Waals surface area contributed by atoms with Gasteiger partial charge in [0.1, 0.15) is 12.1 Å². The van der Waals surface area contributed by atoms with E-state index in [1.165, 1.54) is 17.8 Å². The standard InChI is InChI=1S/C15H21N5/c1-3-13-12-7-16-6-11(12)8-19(13)15-5-10(2)4-14-17-9-18-20(14)15/h4-5,9,11-13,16H,3,6-8H2,1-2H3. The first-order chi connectivity index (χ1) is 9.78. The van der Waals surface area contributed by atoms with E-state index in [0.717, 1.165) is 37.1 Å². The molecule has 2 saturated heterocycles. The molecule has 0 aliphatic carbocycles. The van der Waals surface area contributed by atoms with Crippen LogP contribution in [0, 0.1) is 18.8 Å². The quantitative estimate of drug-likeness (QED) is 0.898. The molecule has 4 heterocycles. The highest BCUT2D eigenvalue weighted by Crippen LogP contribution is 2.37. The van der Waals surface area contributed by atoms with Crippen molar-refractivity contribution in [2.45, 2.75) is 26.3 Å². The molecule has 1 N–H and O–H groups in total. The zero-order valence-corrected chi connectivity index (χ0v) is 12.1. The number of aryl methyl sites for hydroxylation is 1. The van der Waals surface area contributed by atoms with Crippen LogP contribution in [-0.2, 0) is 0 Å². The van der Waals surface area contributed by atoms with Gasteiger partial charge in [-0.3, -0.25) is 0 Å². The Kier molecular flexibility index (Phi) is 2.70. The van der Waals surface area contributed by atoms with Crippen molar-refractivity contribution in [2.75, 3.05) is 24.5 Å². The molecule has 2 fully saturated rings. The third-order valence-electron chi connectivity index (χ3n) is 4.94. The number of fused-ring (bicyclic) bond motifs is 2. The zero-order valence-electron chi connectivity index (χ0n) is 12.1. The molecular weight excluding hydrogens is 250 g/mol. The predicted octanol–water partition coefficient (Wildman–Crippen LogP) is 1.47. The summed E-state index contributed by atoms with van der Waals surface area (Å²) >= 11 is 0. The zero-order chi connectivity index (χ0) is 13.7. The van der Waals surface area contributed by atoms with Gasteiger partial charge >= 0.3 is 0 Å². The first-order valence-electron chi connectivity index (χ1n) is 7.55. The van der Waals surface area contributed by atoms with Gasteiger partial charge < -0.3 is 10.2 Å². The molecule has 20 heavy (non-hydrogen) atoms. The van der Waals surface area contributed by atoms with Gasteiger partial charge in [-0.25, -0.2) is 4.98 Å². The minimum Gasteiger partial charge on any atom is -0.353 e. The maximum Gasteiger partial charge on any atom is 0.157 e. The number of hydrogen-bond donors (Lipinski definition) is 1. The summed E-state index contributed by atoms with van der Waals surface area (Å²) in [7, 11) is 0. The molecule has 3 atom stereocenters. The molecular formula is C15H21N5.